The molecule has 1 amide bonds. The second-order valence-corrected chi connectivity index (χ2v) is 4.60. The van der Waals surface area contributed by atoms with E-state index < -0.39 is 0 Å². The van der Waals surface area contributed by atoms with E-state index in [4.69, 9.17) is 10.5 Å². The van der Waals surface area contributed by atoms with E-state index in [-0.39, 0.29) is 43.2 Å². The average molecular weight is 349 g/mol. The Labute approximate surface area is 142 Å². The van der Waals surface area contributed by atoms with E-state index in [1.807, 2.05) is 24.3 Å². The normalized spacial score (nSPS) is 11.4. The number of para-hydroxylation sites is 2. The summed E-state index contributed by atoms with van der Waals surface area (Å²) in [4.78, 5) is 19.3. The van der Waals surface area contributed by atoms with Crippen molar-refractivity contribution < 1.29 is 9.53 Å². The quantitative estimate of drug-likeness (QED) is 0.705. The van der Waals surface area contributed by atoms with Gasteiger partial charge in [0.1, 0.15) is 5.82 Å². The molecular formula is C14H22Cl2N4O2. The van der Waals surface area contributed by atoms with Gasteiger partial charge in [0, 0.05) is 26.6 Å². The smallest absolute Gasteiger partial charge is 0.222 e. The predicted octanol–water partition coefficient (Wildman–Crippen LogP) is 1.43. The van der Waals surface area contributed by atoms with Crippen molar-refractivity contribution in [3.63, 3.8) is 0 Å². The number of methoxy groups -OCH3 is 1. The van der Waals surface area contributed by atoms with Crippen molar-refractivity contribution in [2.45, 2.75) is 18.9 Å². The predicted molar refractivity (Wildman–Crippen MR) is 91.8 cm³/mol. The molecule has 0 aliphatic carbocycles. The fraction of sp³-hybridized carbons (Fsp3) is 0.429. The zero-order valence-electron chi connectivity index (χ0n) is 12.4. The Morgan fingerprint density at radius 2 is 2.14 bits per heavy atom. The van der Waals surface area contributed by atoms with E-state index in [1.165, 1.54) is 0 Å². The van der Waals surface area contributed by atoms with E-state index in [0.717, 1.165) is 16.9 Å². The molecule has 1 atom stereocenters. The van der Waals surface area contributed by atoms with Crippen LogP contribution in [0.1, 0.15) is 12.2 Å². The molecule has 2 rings (SSSR count). The molecule has 0 bridgehead atoms. The summed E-state index contributed by atoms with van der Waals surface area (Å²) in [5.74, 6) is 0.812. The van der Waals surface area contributed by atoms with Gasteiger partial charge in [-0.2, -0.15) is 0 Å². The lowest BCUT2D eigenvalue weighted by molar-refractivity contribution is -0.123. The van der Waals surface area contributed by atoms with Gasteiger partial charge in [0.25, 0.3) is 0 Å². The van der Waals surface area contributed by atoms with Gasteiger partial charge in [0.2, 0.25) is 5.91 Å². The number of nitrogens with two attached hydrogens (primary N) is 1. The summed E-state index contributed by atoms with van der Waals surface area (Å²) in [6.07, 6.45) is 0.731. The van der Waals surface area contributed by atoms with Crippen LogP contribution in [-0.4, -0.2) is 42.2 Å². The third kappa shape index (κ3) is 5.81. The number of hydrogen-bond donors (Lipinski definition) is 3. The summed E-state index contributed by atoms with van der Waals surface area (Å²) in [5, 5.41) is 2.84. The third-order valence-electron chi connectivity index (χ3n) is 3.13. The number of aromatic nitrogens is 2. The highest BCUT2D eigenvalue weighted by Crippen LogP contribution is 2.10. The summed E-state index contributed by atoms with van der Waals surface area (Å²) >= 11 is 0. The topological polar surface area (TPSA) is 93.0 Å². The molecule has 6 nitrogen and oxygen atoms in total. The Balaban J connectivity index is 0.00000220. The maximum absolute atomic E-state index is 11.7. The zero-order chi connectivity index (χ0) is 14.4. The van der Waals surface area contributed by atoms with Crippen LogP contribution < -0.4 is 11.1 Å². The first-order valence-electron chi connectivity index (χ1n) is 6.66. The van der Waals surface area contributed by atoms with Crippen molar-refractivity contribution >= 4 is 41.8 Å². The largest absolute Gasteiger partial charge is 0.380 e. The molecule has 1 unspecified atom stereocenters. The van der Waals surface area contributed by atoms with Crippen molar-refractivity contribution in [3.05, 3.63) is 30.1 Å². The SMILES string of the molecule is COC(CN)CC(=O)NCCc1nc2ccccc2[nH]1.Cl.Cl. The van der Waals surface area contributed by atoms with Crippen LogP contribution in [0.25, 0.3) is 11.0 Å². The van der Waals surface area contributed by atoms with Crippen LogP contribution in [0.2, 0.25) is 0 Å². The van der Waals surface area contributed by atoms with Crippen LogP contribution in [0.3, 0.4) is 0 Å². The second-order valence-electron chi connectivity index (χ2n) is 4.60. The number of nitrogens with one attached hydrogen (secondary N) is 2. The van der Waals surface area contributed by atoms with Crippen LogP contribution in [-0.2, 0) is 16.0 Å². The fourth-order valence-corrected chi connectivity index (χ4v) is 1.99. The van der Waals surface area contributed by atoms with Gasteiger partial charge in [-0.05, 0) is 12.1 Å². The number of aromatic amines is 1. The monoisotopic (exact) mass is 348 g/mol. The summed E-state index contributed by atoms with van der Waals surface area (Å²) in [5.41, 5.74) is 7.43. The van der Waals surface area contributed by atoms with Gasteiger partial charge < -0.3 is 20.8 Å². The van der Waals surface area contributed by atoms with Gasteiger partial charge >= 0.3 is 0 Å². The number of hydrogen-bond acceptors (Lipinski definition) is 4. The molecule has 0 saturated heterocycles. The first kappa shape index (κ1) is 20.7. The molecule has 4 N–H and O–H groups in total. The minimum Gasteiger partial charge on any atom is -0.380 e. The van der Waals surface area contributed by atoms with Crippen LogP contribution in [0.15, 0.2) is 24.3 Å². The van der Waals surface area contributed by atoms with Gasteiger partial charge in [0.05, 0.1) is 23.6 Å². The summed E-state index contributed by atoms with van der Waals surface area (Å²) in [6.45, 7) is 0.882. The number of fused-ring (bicyclic) bond motifs is 1. The van der Waals surface area contributed by atoms with E-state index in [2.05, 4.69) is 15.3 Å². The van der Waals surface area contributed by atoms with E-state index in [1.54, 1.807) is 7.11 Å². The lowest BCUT2D eigenvalue weighted by Gasteiger charge is -2.12. The minimum absolute atomic E-state index is 0. The lowest BCUT2D eigenvalue weighted by Crippen LogP contribution is -2.33. The van der Waals surface area contributed by atoms with E-state index >= 15 is 0 Å². The highest BCUT2D eigenvalue weighted by atomic mass is 35.5. The maximum Gasteiger partial charge on any atom is 0.222 e. The molecule has 0 fully saturated rings. The standard InChI is InChI=1S/C14H20N4O2.2ClH/c1-20-10(9-15)8-14(19)16-7-6-13-17-11-4-2-3-5-12(11)18-13;;/h2-5,10H,6-9,15H2,1H3,(H,16,19)(H,17,18);2*1H. The molecule has 8 heteroatoms. The van der Waals surface area contributed by atoms with Gasteiger partial charge in [0.15, 0.2) is 0 Å². The zero-order valence-corrected chi connectivity index (χ0v) is 14.0. The van der Waals surface area contributed by atoms with E-state index in [0.29, 0.717) is 19.5 Å². The molecule has 0 aliphatic rings. The first-order chi connectivity index (χ1) is 9.72. The molecule has 0 aliphatic heterocycles. The highest BCUT2D eigenvalue weighted by molar-refractivity contribution is 5.85. The van der Waals surface area contributed by atoms with Crippen molar-refractivity contribution in [3.8, 4) is 0 Å². The van der Waals surface area contributed by atoms with Gasteiger partial charge in [-0.3, -0.25) is 4.79 Å². The van der Waals surface area contributed by atoms with Crippen molar-refractivity contribution in [1.82, 2.24) is 15.3 Å². The number of rotatable bonds is 7. The number of nitrogens with zero attached hydrogens (tertiary/aromatic N) is 1. The van der Waals surface area contributed by atoms with Crippen molar-refractivity contribution in [1.29, 1.82) is 0 Å². The van der Waals surface area contributed by atoms with E-state index in [9.17, 15) is 4.79 Å². The molecule has 0 spiro atoms. The summed E-state index contributed by atoms with van der Waals surface area (Å²) in [6, 6.07) is 7.85. The molecule has 2 aromatic rings. The van der Waals surface area contributed by atoms with Crippen LogP contribution in [0.5, 0.6) is 0 Å². The first-order valence-corrected chi connectivity index (χ1v) is 6.66. The Morgan fingerprint density at radius 1 is 1.41 bits per heavy atom. The van der Waals surface area contributed by atoms with Gasteiger partial charge in [-0.1, -0.05) is 12.1 Å². The molecule has 22 heavy (non-hydrogen) atoms. The van der Waals surface area contributed by atoms with Gasteiger partial charge in [-0.25, -0.2) is 4.98 Å². The number of halogens is 2. The van der Waals surface area contributed by atoms with Crippen LogP contribution in [0, 0.1) is 0 Å². The molecular weight excluding hydrogens is 327 g/mol. The number of amides is 1. The number of H-pyrrole nitrogens is 1. The molecule has 1 heterocycles. The number of imidazole rings is 1. The Hall–Kier alpha value is -1.34. The van der Waals surface area contributed by atoms with Gasteiger partial charge in [-0.15, -0.1) is 24.8 Å². The second kappa shape index (κ2) is 10.4. The molecule has 1 aromatic carbocycles. The number of carbonyl (C=O) groups is 1. The Morgan fingerprint density at radius 3 is 2.77 bits per heavy atom. The summed E-state index contributed by atoms with van der Waals surface area (Å²) < 4.78 is 5.07. The molecule has 124 valence electrons. The van der Waals surface area contributed by atoms with Crippen LogP contribution >= 0.6 is 24.8 Å². The molecule has 1 aromatic heterocycles. The number of benzene rings is 1. The third-order valence-corrected chi connectivity index (χ3v) is 3.13. The molecule has 0 radical (unpaired) electrons. The average Bonchev–Trinajstić information content (AvgIpc) is 2.87. The Bertz CT molecular complexity index is 540. The minimum atomic E-state index is -0.221. The van der Waals surface area contributed by atoms with Crippen molar-refractivity contribution in [2.24, 2.45) is 5.73 Å². The fourth-order valence-electron chi connectivity index (χ4n) is 1.99. The van der Waals surface area contributed by atoms with Crippen molar-refractivity contribution in [2.75, 3.05) is 20.2 Å². The maximum atomic E-state index is 11.7. The Kier molecular flexibility index (Phi) is 9.76. The highest BCUT2D eigenvalue weighted by Gasteiger charge is 2.11. The summed E-state index contributed by atoms with van der Waals surface area (Å²) in [7, 11) is 1.55. The lowest BCUT2D eigenvalue weighted by atomic mass is 10.2. The molecule has 0 saturated carbocycles. The number of carbonyl (C=O) groups excluding carboxylic acids is 1. The number of ether oxygens (including phenoxy) is 1. The van der Waals surface area contributed by atoms with Crippen LogP contribution in [0.4, 0.5) is 0 Å².